The molecule has 0 aromatic rings. The molecule has 0 fully saturated rings. The predicted octanol–water partition coefficient (Wildman–Crippen LogP) is 10.6. The molecule has 0 aliphatic carbocycles. The summed E-state index contributed by atoms with van der Waals surface area (Å²) in [6, 6.07) is 0. The minimum absolute atomic E-state index is 0.102. The summed E-state index contributed by atoms with van der Waals surface area (Å²) in [5.74, 6) is 0.250. The third-order valence-electron chi connectivity index (χ3n) is 6.89. The second kappa shape index (κ2) is 26.7. The number of carbonyl (C=O) groups excluding carboxylic acids is 1. The van der Waals surface area contributed by atoms with E-state index in [1.165, 1.54) is 135 Å². The maximum absolute atomic E-state index is 12.7. The third kappa shape index (κ3) is 22.7. The Morgan fingerprint density at radius 2 is 0.781 bits per heavy atom. The van der Waals surface area contributed by atoms with Crippen LogP contribution in [0.1, 0.15) is 175 Å². The van der Waals surface area contributed by atoms with Gasteiger partial charge in [-0.1, -0.05) is 156 Å². The zero-order valence-electron chi connectivity index (χ0n) is 22.6. The average Bonchev–Trinajstić information content (AvgIpc) is 2.80. The van der Waals surface area contributed by atoms with Crippen LogP contribution in [0.15, 0.2) is 0 Å². The van der Waals surface area contributed by atoms with Crippen LogP contribution in [0.4, 0.5) is 0 Å². The summed E-state index contributed by atoms with van der Waals surface area (Å²) in [6.45, 7) is 7.44. The van der Waals surface area contributed by atoms with Gasteiger partial charge in [-0.2, -0.15) is 0 Å². The van der Waals surface area contributed by atoms with Crippen molar-refractivity contribution in [2.45, 2.75) is 175 Å². The molecular weight excluding hydrogens is 392 g/mol. The summed E-state index contributed by atoms with van der Waals surface area (Å²) >= 11 is 0. The van der Waals surface area contributed by atoms with E-state index in [0.29, 0.717) is 6.61 Å². The van der Waals surface area contributed by atoms with E-state index in [1.54, 1.807) is 0 Å². The summed E-state index contributed by atoms with van der Waals surface area (Å²) < 4.78 is 5.73. The molecule has 1 unspecified atom stereocenters. The molecule has 0 radical (unpaired) electrons. The van der Waals surface area contributed by atoms with Gasteiger partial charge in [0.05, 0.1) is 12.5 Å². The lowest BCUT2D eigenvalue weighted by atomic mass is 9.94. The molecule has 2 nitrogen and oxygen atoms in total. The van der Waals surface area contributed by atoms with Gasteiger partial charge in [-0.3, -0.25) is 4.79 Å². The minimum Gasteiger partial charge on any atom is -0.465 e. The molecule has 0 aromatic heterocycles. The number of unbranched alkanes of at least 4 members (excludes halogenated alkanes) is 19. The Labute approximate surface area is 203 Å². The van der Waals surface area contributed by atoms with Crippen LogP contribution < -0.4 is 0 Å². The Morgan fingerprint density at radius 3 is 1.16 bits per heavy atom. The smallest absolute Gasteiger partial charge is 0.308 e. The first-order valence-electron chi connectivity index (χ1n) is 14.9. The summed E-state index contributed by atoms with van der Waals surface area (Å²) in [5, 5.41) is 0. The van der Waals surface area contributed by atoms with E-state index < -0.39 is 0 Å². The van der Waals surface area contributed by atoms with E-state index in [2.05, 4.69) is 20.8 Å². The van der Waals surface area contributed by atoms with E-state index in [9.17, 15) is 4.79 Å². The quantitative estimate of drug-likeness (QED) is 0.0963. The zero-order valence-corrected chi connectivity index (χ0v) is 22.6. The Kier molecular flexibility index (Phi) is 26.3. The molecular formula is C30H60O2. The van der Waals surface area contributed by atoms with Crippen molar-refractivity contribution in [3.05, 3.63) is 0 Å². The Morgan fingerprint density at radius 1 is 0.469 bits per heavy atom. The molecule has 0 aliphatic rings. The van der Waals surface area contributed by atoms with Crippen LogP contribution in [-0.2, 0) is 9.53 Å². The number of esters is 1. The predicted molar refractivity (Wildman–Crippen MR) is 142 cm³/mol. The van der Waals surface area contributed by atoms with Crippen molar-refractivity contribution in [2.24, 2.45) is 5.92 Å². The number of ether oxygens (including phenoxy) is 1. The highest BCUT2D eigenvalue weighted by Crippen LogP contribution is 2.21. The van der Waals surface area contributed by atoms with Gasteiger partial charge in [0.15, 0.2) is 0 Å². The highest BCUT2D eigenvalue weighted by molar-refractivity contribution is 5.72. The van der Waals surface area contributed by atoms with Crippen molar-refractivity contribution >= 4 is 5.97 Å². The van der Waals surface area contributed by atoms with Crippen molar-refractivity contribution in [1.82, 2.24) is 0 Å². The molecule has 32 heavy (non-hydrogen) atoms. The Hall–Kier alpha value is -0.530. The normalized spacial score (nSPS) is 12.2. The number of hydrogen-bond acceptors (Lipinski definition) is 2. The Balaban J connectivity index is 4.03. The maximum atomic E-state index is 12.7. The average molecular weight is 453 g/mol. The molecule has 0 saturated carbocycles. The van der Waals surface area contributed by atoms with Gasteiger partial charge in [0.1, 0.15) is 0 Å². The summed E-state index contributed by atoms with van der Waals surface area (Å²) in [4.78, 5) is 12.7. The standard InChI is InChI=1S/C30H60O2/c1-4-7-10-13-16-18-21-24-27-29(26-23-20-17-14-11-8-5-2)30(31)32-28-25-22-19-15-12-9-6-3/h29H,4-28H2,1-3H3. The summed E-state index contributed by atoms with van der Waals surface area (Å²) in [5.41, 5.74) is 0. The summed E-state index contributed by atoms with van der Waals surface area (Å²) in [7, 11) is 0. The molecule has 0 heterocycles. The van der Waals surface area contributed by atoms with Crippen molar-refractivity contribution in [3.8, 4) is 0 Å². The minimum atomic E-state index is 0.102. The monoisotopic (exact) mass is 452 g/mol. The molecule has 2 heteroatoms. The number of rotatable bonds is 26. The van der Waals surface area contributed by atoms with Crippen LogP contribution in [0.3, 0.4) is 0 Å². The molecule has 0 aliphatic heterocycles. The second-order valence-corrected chi connectivity index (χ2v) is 10.2. The number of hydrogen-bond donors (Lipinski definition) is 0. The molecule has 0 aromatic carbocycles. The topological polar surface area (TPSA) is 26.3 Å². The Bertz CT molecular complexity index is 366. The van der Waals surface area contributed by atoms with Gasteiger partial charge in [-0.15, -0.1) is 0 Å². The number of carbonyl (C=O) groups is 1. The van der Waals surface area contributed by atoms with Gasteiger partial charge >= 0.3 is 5.97 Å². The van der Waals surface area contributed by atoms with Gasteiger partial charge in [0, 0.05) is 0 Å². The van der Waals surface area contributed by atoms with Crippen LogP contribution in [0.25, 0.3) is 0 Å². The largest absolute Gasteiger partial charge is 0.465 e. The van der Waals surface area contributed by atoms with E-state index >= 15 is 0 Å². The fraction of sp³-hybridized carbons (Fsp3) is 0.967. The molecule has 0 rings (SSSR count). The first-order valence-corrected chi connectivity index (χ1v) is 14.9. The lowest BCUT2D eigenvalue weighted by Crippen LogP contribution is -2.18. The third-order valence-corrected chi connectivity index (χ3v) is 6.89. The highest BCUT2D eigenvalue weighted by Gasteiger charge is 2.19. The fourth-order valence-corrected chi connectivity index (χ4v) is 4.60. The summed E-state index contributed by atoms with van der Waals surface area (Å²) in [6.07, 6.45) is 30.8. The van der Waals surface area contributed by atoms with Crippen molar-refractivity contribution in [2.75, 3.05) is 6.61 Å². The van der Waals surface area contributed by atoms with Crippen molar-refractivity contribution in [1.29, 1.82) is 0 Å². The lowest BCUT2D eigenvalue weighted by Gasteiger charge is -2.16. The van der Waals surface area contributed by atoms with Gasteiger partial charge in [-0.05, 0) is 19.3 Å². The maximum Gasteiger partial charge on any atom is 0.308 e. The molecule has 0 N–H and O–H groups in total. The first-order chi connectivity index (χ1) is 15.8. The zero-order chi connectivity index (χ0) is 23.5. The highest BCUT2D eigenvalue weighted by atomic mass is 16.5. The van der Waals surface area contributed by atoms with Gasteiger partial charge in [0.25, 0.3) is 0 Å². The lowest BCUT2D eigenvalue weighted by molar-refractivity contribution is -0.149. The van der Waals surface area contributed by atoms with Crippen LogP contribution in [-0.4, -0.2) is 12.6 Å². The van der Waals surface area contributed by atoms with E-state index in [-0.39, 0.29) is 11.9 Å². The van der Waals surface area contributed by atoms with Crippen molar-refractivity contribution in [3.63, 3.8) is 0 Å². The first kappa shape index (κ1) is 31.5. The van der Waals surface area contributed by atoms with E-state index in [1.807, 2.05) is 0 Å². The van der Waals surface area contributed by atoms with Gasteiger partial charge in [0.2, 0.25) is 0 Å². The molecule has 192 valence electrons. The molecule has 0 spiro atoms. The molecule has 0 bridgehead atoms. The van der Waals surface area contributed by atoms with Gasteiger partial charge < -0.3 is 4.74 Å². The SMILES string of the molecule is CCCCCCCCCCC(CCCCCCCCC)C(=O)OCCCCCCCCC. The molecule has 1 atom stereocenters. The molecule has 0 saturated heterocycles. The fourth-order valence-electron chi connectivity index (χ4n) is 4.60. The van der Waals surface area contributed by atoms with Crippen LogP contribution >= 0.6 is 0 Å². The van der Waals surface area contributed by atoms with E-state index in [4.69, 9.17) is 4.74 Å². The second-order valence-electron chi connectivity index (χ2n) is 10.2. The van der Waals surface area contributed by atoms with Crippen LogP contribution in [0.5, 0.6) is 0 Å². The molecule has 0 amide bonds. The van der Waals surface area contributed by atoms with Crippen LogP contribution in [0, 0.1) is 5.92 Å². The van der Waals surface area contributed by atoms with Crippen molar-refractivity contribution < 1.29 is 9.53 Å². The van der Waals surface area contributed by atoms with Gasteiger partial charge in [-0.25, -0.2) is 0 Å². The van der Waals surface area contributed by atoms with Crippen LogP contribution in [0.2, 0.25) is 0 Å². The van der Waals surface area contributed by atoms with E-state index in [0.717, 1.165) is 19.3 Å².